The van der Waals surface area contributed by atoms with Crippen LogP contribution in [0.25, 0.3) is 0 Å². The predicted octanol–water partition coefficient (Wildman–Crippen LogP) is 2.23. The minimum atomic E-state index is -1.22. The number of thioether (sulfide) groups is 1. The second kappa shape index (κ2) is 4.36. The molecule has 0 radical (unpaired) electrons. The summed E-state index contributed by atoms with van der Waals surface area (Å²) in [6, 6.07) is 1.24. The molecule has 14 heavy (non-hydrogen) atoms. The number of hydrogen-bond donors (Lipinski definition) is 2. The summed E-state index contributed by atoms with van der Waals surface area (Å²) in [5.74, 6) is -3.15. The minimum absolute atomic E-state index is 0.0101. The molecule has 0 amide bonds. The molecule has 0 fully saturated rings. The summed E-state index contributed by atoms with van der Waals surface area (Å²) >= 11 is 0.845. The van der Waals surface area contributed by atoms with E-state index in [1.54, 1.807) is 0 Å². The Kier molecular flexibility index (Phi) is 3.40. The quantitative estimate of drug-likeness (QED) is 0.456. The zero-order valence-electron chi connectivity index (χ0n) is 6.98. The van der Waals surface area contributed by atoms with Crippen molar-refractivity contribution in [3.63, 3.8) is 0 Å². The highest BCUT2D eigenvalue weighted by Crippen LogP contribution is 2.18. The maximum Gasteiger partial charge on any atom is 0.161 e. The van der Waals surface area contributed by atoms with Crippen LogP contribution in [0.5, 0.6) is 0 Å². The average Bonchev–Trinajstić information content (AvgIpc) is 2.09. The molecule has 0 unspecified atom stereocenters. The molecular formula is C8H7F3N2S. The van der Waals surface area contributed by atoms with Crippen molar-refractivity contribution in [2.45, 2.75) is 5.75 Å². The third-order valence-corrected chi connectivity index (χ3v) is 2.24. The van der Waals surface area contributed by atoms with Crippen molar-refractivity contribution in [1.29, 1.82) is 5.41 Å². The van der Waals surface area contributed by atoms with Crippen molar-refractivity contribution in [2.24, 2.45) is 5.73 Å². The lowest BCUT2D eigenvalue weighted by atomic mass is 10.2. The lowest BCUT2D eigenvalue weighted by Gasteiger charge is -2.02. The van der Waals surface area contributed by atoms with Gasteiger partial charge in [0.2, 0.25) is 0 Å². The second-order valence-electron chi connectivity index (χ2n) is 2.51. The maximum atomic E-state index is 12.9. The summed E-state index contributed by atoms with van der Waals surface area (Å²) in [6.45, 7) is 0. The number of rotatable bonds is 2. The van der Waals surface area contributed by atoms with E-state index in [2.05, 4.69) is 0 Å². The van der Waals surface area contributed by atoms with E-state index in [9.17, 15) is 13.2 Å². The van der Waals surface area contributed by atoms with Crippen LogP contribution < -0.4 is 5.73 Å². The molecular weight excluding hydrogens is 213 g/mol. The Morgan fingerprint density at radius 1 is 1.21 bits per heavy atom. The maximum absolute atomic E-state index is 12.9. The zero-order valence-corrected chi connectivity index (χ0v) is 7.80. The number of halogens is 3. The fourth-order valence-corrected chi connectivity index (χ4v) is 1.36. The van der Waals surface area contributed by atoms with Gasteiger partial charge in [-0.15, -0.1) is 0 Å². The molecule has 3 N–H and O–H groups in total. The van der Waals surface area contributed by atoms with Gasteiger partial charge in [-0.1, -0.05) is 11.8 Å². The summed E-state index contributed by atoms with van der Waals surface area (Å²) < 4.78 is 38.1. The number of benzene rings is 1. The summed E-state index contributed by atoms with van der Waals surface area (Å²) in [4.78, 5) is 0. The number of hydrogen-bond acceptors (Lipinski definition) is 2. The fraction of sp³-hybridized carbons (Fsp3) is 0.125. The molecule has 6 heteroatoms. The monoisotopic (exact) mass is 220 g/mol. The zero-order chi connectivity index (χ0) is 10.7. The highest BCUT2D eigenvalue weighted by Gasteiger charge is 2.09. The van der Waals surface area contributed by atoms with Crippen molar-refractivity contribution in [2.75, 3.05) is 0 Å². The van der Waals surface area contributed by atoms with Crippen molar-refractivity contribution < 1.29 is 13.2 Å². The molecule has 1 aromatic rings. The van der Waals surface area contributed by atoms with Gasteiger partial charge in [-0.3, -0.25) is 5.41 Å². The van der Waals surface area contributed by atoms with Crippen LogP contribution in [0.2, 0.25) is 0 Å². The summed E-state index contributed by atoms with van der Waals surface area (Å²) in [7, 11) is 0. The molecule has 0 spiro atoms. The minimum Gasteiger partial charge on any atom is -0.379 e. The molecule has 2 nitrogen and oxygen atoms in total. The Bertz CT molecular complexity index is 368. The van der Waals surface area contributed by atoms with Crippen LogP contribution in [0.4, 0.5) is 13.2 Å². The lowest BCUT2D eigenvalue weighted by Crippen LogP contribution is -2.04. The van der Waals surface area contributed by atoms with Gasteiger partial charge in [0.25, 0.3) is 0 Å². The van der Waals surface area contributed by atoms with Crippen molar-refractivity contribution in [3.8, 4) is 0 Å². The van der Waals surface area contributed by atoms with Crippen LogP contribution in [0.3, 0.4) is 0 Å². The van der Waals surface area contributed by atoms with Gasteiger partial charge >= 0.3 is 0 Å². The molecule has 0 saturated carbocycles. The molecule has 0 saturated heterocycles. The van der Waals surface area contributed by atoms with Crippen LogP contribution in [0.15, 0.2) is 12.1 Å². The van der Waals surface area contributed by atoms with Crippen molar-refractivity contribution in [1.82, 2.24) is 0 Å². The number of nitrogens with two attached hydrogens (primary N) is 1. The molecule has 0 aliphatic carbocycles. The van der Waals surface area contributed by atoms with Gasteiger partial charge in [0, 0.05) is 17.4 Å². The molecule has 0 aliphatic heterocycles. The number of nitrogens with one attached hydrogen (secondary N) is 1. The highest BCUT2D eigenvalue weighted by molar-refractivity contribution is 8.13. The first-order valence-corrected chi connectivity index (χ1v) is 4.59. The molecule has 0 aromatic heterocycles. The van der Waals surface area contributed by atoms with Gasteiger partial charge in [-0.2, -0.15) is 0 Å². The third-order valence-electron chi connectivity index (χ3n) is 1.47. The summed E-state index contributed by atoms with van der Waals surface area (Å²) in [5, 5.41) is 6.66. The van der Waals surface area contributed by atoms with E-state index in [4.69, 9.17) is 11.1 Å². The second-order valence-corrected chi connectivity index (χ2v) is 3.53. The smallest absolute Gasteiger partial charge is 0.161 e. The van der Waals surface area contributed by atoms with Crippen LogP contribution >= 0.6 is 11.8 Å². The van der Waals surface area contributed by atoms with E-state index in [1.807, 2.05) is 0 Å². The normalized spacial score (nSPS) is 10.2. The SMILES string of the molecule is N=C(N)SCc1cc(F)c(F)cc1F. The van der Waals surface area contributed by atoms with E-state index in [1.165, 1.54) is 0 Å². The molecule has 1 aromatic carbocycles. The molecule has 0 heterocycles. The first-order chi connectivity index (χ1) is 6.50. The van der Waals surface area contributed by atoms with E-state index in [0.29, 0.717) is 6.07 Å². The van der Waals surface area contributed by atoms with Gasteiger partial charge < -0.3 is 5.73 Å². The third kappa shape index (κ3) is 2.66. The van der Waals surface area contributed by atoms with Gasteiger partial charge in [0.15, 0.2) is 16.8 Å². The fourth-order valence-electron chi connectivity index (χ4n) is 0.830. The van der Waals surface area contributed by atoms with Crippen molar-refractivity contribution >= 4 is 16.9 Å². The van der Waals surface area contributed by atoms with E-state index < -0.39 is 17.5 Å². The summed E-state index contributed by atoms with van der Waals surface area (Å²) in [6.07, 6.45) is 0. The van der Waals surface area contributed by atoms with E-state index >= 15 is 0 Å². The predicted molar refractivity (Wildman–Crippen MR) is 49.5 cm³/mol. The molecule has 0 bridgehead atoms. The van der Waals surface area contributed by atoms with Crippen LogP contribution in [-0.2, 0) is 5.75 Å². The topological polar surface area (TPSA) is 49.9 Å². The molecule has 76 valence electrons. The molecule has 0 aliphatic rings. The molecule has 1 rings (SSSR count). The van der Waals surface area contributed by atoms with Crippen molar-refractivity contribution in [3.05, 3.63) is 35.1 Å². The Hall–Kier alpha value is -1.17. The van der Waals surface area contributed by atoms with Crippen LogP contribution in [0.1, 0.15) is 5.56 Å². The standard InChI is InChI=1S/C8H7F3N2S/c9-5-2-7(11)6(10)1-4(5)3-14-8(12)13/h1-2H,3H2,(H3,12,13). The first kappa shape index (κ1) is 10.9. The number of amidine groups is 1. The van der Waals surface area contributed by atoms with Gasteiger partial charge in [-0.05, 0) is 6.07 Å². The first-order valence-electron chi connectivity index (χ1n) is 3.61. The molecule has 0 atom stereocenters. The van der Waals surface area contributed by atoms with Crippen LogP contribution in [-0.4, -0.2) is 5.17 Å². The average molecular weight is 220 g/mol. The Morgan fingerprint density at radius 2 is 1.79 bits per heavy atom. The van der Waals surface area contributed by atoms with E-state index in [-0.39, 0.29) is 16.5 Å². The van der Waals surface area contributed by atoms with Gasteiger partial charge in [-0.25, -0.2) is 13.2 Å². The largest absolute Gasteiger partial charge is 0.379 e. The lowest BCUT2D eigenvalue weighted by molar-refractivity contribution is 0.492. The van der Waals surface area contributed by atoms with Crippen LogP contribution in [0, 0.1) is 22.9 Å². The Labute approximate surface area is 82.8 Å². The summed E-state index contributed by atoms with van der Waals surface area (Å²) in [5.41, 5.74) is 5.00. The van der Waals surface area contributed by atoms with Gasteiger partial charge in [0.1, 0.15) is 5.82 Å². The Morgan fingerprint density at radius 3 is 2.36 bits per heavy atom. The Balaban J connectivity index is 2.87. The van der Waals surface area contributed by atoms with Gasteiger partial charge in [0.05, 0.1) is 0 Å². The highest BCUT2D eigenvalue weighted by atomic mass is 32.2. The van der Waals surface area contributed by atoms with E-state index in [0.717, 1.165) is 17.8 Å².